The lowest BCUT2D eigenvalue weighted by Gasteiger charge is -2.20. The molecule has 0 aromatic heterocycles. The van der Waals surface area contributed by atoms with Gasteiger partial charge in [-0.2, -0.15) is 0 Å². The van der Waals surface area contributed by atoms with Gasteiger partial charge in [0.15, 0.2) is 6.61 Å². The fraction of sp³-hybridized carbons (Fsp3) is 0.588. The SMILES string of the molecule is CCC(CO)NCc1ccc(OCC(=O)NC(C)(C)C)cc1. The Bertz CT molecular complexity index is 448. The highest BCUT2D eigenvalue weighted by Crippen LogP contribution is 2.12. The number of benzene rings is 1. The number of aliphatic hydroxyl groups excluding tert-OH is 1. The molecule has 1 unspecified atom stereocenters. The number of nitrogens with one attached hydrogen (secondary N) is 2. The van der Waals surface area contributed by atoms with Crippen LogP contribution in [0.1, 0.15) is 39.7 Å². The summed E-state index contributed by atoms with van der Waals surface area (Å²) in [4.78, 5) is 11.7. The third-order valence-corrected chi connectivity index (χ3v) is 3.12. The Hall–Kier alpha value is -1.59. The number of carbonyl (C=O) groups is 1. The van der Waals surface area contributed by atoms with Gasteiger partial charge in [-0.05, 0) is 44.9 Å². The molecule has 0 saturated carbocycles. The first kappa shape index (κ1) is 18.5. The third-order valence-electron chi connectivity index (χ3n) is 3.12. The van der Waals surface area contributed by atoms with Gasteiger partial charge in [-0.1, -0.05) is 19.1 Å². The van der Waals surface area contributed by atoms with Crippen molar-refractivity contribution in [3.63, 3.8) is 0 Å². The average molecular weight is 308 g/mol. The summed E-state index contributed by atoms with van der Waals surface area (Å²) in [7, 11) is 0. The first-order valence-corrected chi connectivity index (χ1v) is 7.71. The van der Waals surface area contributed by atoms with Crippen LogP contribution in [0.15, 0.2) is 24.3 Å². The van der Waals surface area contributed by atoms with Crippen LogP contribution in [0.25, 0.3) is 0 Å². The number of hydrogen-bond acceptors (Lipinski definition) is 4. The highest BCUT2D eigenvalue weighted by atomic mass is 16.5. The summed E-state index contributed by atoms with van der Waals surface area (Å²) >= 11 is 0. The Morgan fingerprint density at radius 1 is 1.27 bits per heavy atom. The number of aliphatic hydroxyl groups is 1. The van der Waals surface area contributed by atoms with Crippen LogP contribution in [0.4, 0.5) is 0 Å². The number of amides is 1. The van der Waals surface area contributed by atoms with E-state index in [0.717, 1.165) is 12.0 Å². The number of carbonyl (C=O) groups excluding carboxylic acids is 1. The molecule has 5 heteroatoms. The van der Waals surface area contributed by atoms with E-state index >= 15 is 0 Å². The van der Waals surface area contributed by atoms with E-state index in [-0.39, 0.29) is 30.7 Å². The van der Waals surface area contributed by atoms with E-state index in [4.69, 9.17) is 9.84 Å². The topological polar surface area (TPSA) is 70.6 Å². The predicted molar refractivity (Wildman–Crippen MR) is 87.8 cm³/mol. The lowest BCUT2D eigenvalue weighted by atomic mass is 10.1. The van der Waals surface area contributed by atoms with Crippen LogP contribution in [0.2, 0.25) is 0 Å². The molecular formula is C17H28N2O3. The summed E-state index contributed by atoms with van der Waals surface area (Å²) in [6.07, 6.45) is 0.889. The van der Waals surface area contributed by atoms with Crippen molar-refractivity contribution in [2.24, 2.45) is 0 Å². The highest BCUT2D eigenvalue weighted by molar-refractivity contribution is 5.78. The molecular weight excluding hydrogens is 280 g/mol. The van der Waals surface area contributed by atoms with E-state index in [1.54, 1.807) is 0 Å². The second-order valence-electron chi connectivity index (χ2n) is 6.40. The third kappa shape index (κ3) is 7.43. The quantitative estimate of drug-likeness (QED) is 0.685. The van der Waals surface area contributed by atoms with Gasteiger partial charge in [0.25, 0.3) is 5.91 Å². The molecule has 0 spiro atoms. The molecule has 1 aromatic rings. The van der Waals surface area contributed by atoms with E-state index in [2.05, 4.69) is 10.6 Å². The zero-order valence-corrected chi connectivity index (χ0v) is 14.0. The summed E-state index contributed by atoms with van der Waals surface area (Å²) in [5, 5.41) is 15.3. The Morgan fingerprint density at radius 3 is 2.41 bits per heavy atom. The van der Waals surface area contributed by atoms with Gasteiger partial charge in [0.05, 0.1) is 6.61 Å². The molecule has 0 aliphatic rings. The van der Waals surface area contributed by atoms with Crippen molar-refractivity contribution in [1.29, 1.82) is 0 Å². The van der Waals surface area contributed by atoms with Gasteiger partial charge in [-0.25, -0.2) is 0 Å². The van der Waals surface area contributed by atoms with Crippen molar-refractivity contribution in [2.75, 3.05) is 13.2 Å². The predicted octanol–water partition coefficient (Wildman–Crippen LogP) is 1.84. The first-order valence-electron chi connectivity index (χ1n) is 7.71. The second-order valence-corrected chi connectivity index (χ2v) is 6.40. The van der Waals surface area contributed by atoms with Gasteiger partial charge in [0.2, 0.25) is 0 Å². The van der Waals surface area contributed by atoms with Crippen LogP contribution >= 0.6 is 0 Å². The Morgan fingerprint density at radius 2 is 1.91 bits per heavy atom. The van der Waals surface area contributed by atoms with Crippen molar-refractivity contribution < 1.29 is 14.6 Å². The Kier molecular flexibility index (Phi) is 7.35. The minimum atomic E-state index is -0.251. The molecule has 0 fully saturated rings. The van der Waals surface area contributed by atoms with Crippen molar-refractivity contribution in [2.45, 2.75) is 52.2 Å². The van der Waals surface area contributed by atoms with Crippen LogP contribution < -0.4 is 15.4 Å². The Labute approximate surface area is 133 Å². The zero-order valence-electron chi connectivity index (χ0n) is 14.0. The molecule has 0 heterocycles. The van der Waals surface area contributed by atoms with Crippen molar-refractivity contribution in [1.82, 2.24) is 10.6 Å². The van der Waals surface area contributed by atoms with Crippen LogP contribution in [0.5, 0.6) is 5.75 Å². The maximum absolute atomic E-state index is 11.7. The molecule has 1 atom stereocenters. The van der Waals surface area contributed by atoms with Gasteiger partial charge in [-0.3, -0.25) is 4.79 Å². The van der Waals surface area contributed by atoms with Crippen molar-refractivity contribution in [3.05, 3.63) is 29.8 Å². The van der Waals surface area contributed by atoms with Crippen LogP contribution in [-0.4, -0.2) is 35.8 Å². The van der Waals surface area contributed by atoms with E-state index in [1.807, 2.05) is 52.0 Å². The molecule has 3 N–H and O–H groups in total. The molecule has 0 bridgehead atoms. The van der Waals surface area contributed by atoms with E-state index in [9.17, 15) is 4.79 Å². The van der Waals surface area contributed by atoms with Gasteiger partial charge in [0.1, 0.15) is 5.75 Å². The first-order chi connectivity index (χ1) is 10.3. The summed E-state index contributed by atoms with van der Waals surface area (Å²) in [5.74, 6) is 0.536. The normalized spacial score (nSPS) is 12.8. The van der Waals surface area contributed by atoms with E-state index < -0.39 is 0 Å². The summed E-state index contributed by atoms with van der Waals surface area (Å²) in [5.41, 5.74) is 0.858. The zero-order chi connectivity index (χ0) is 16.6. The van der Waals surface area contributed by atoms with Crippen LogP contribution in [0.3, 0.4) is 0 Å². The van der Waals surface area contributed by atoms with Crippen molar-refractivity contribution >= 4 is 5.91 Å². The number of ether oxygens (including phenoxy) is 1. The average Bonchev–Trinajstić information content (AvgIpc) is 2.45. The van der Waals surface area contributed by atoms with Crippen molar-refractivity contribution in [3.8, 4) is 5.75 Å². The maximum Gasteiger partial charge on any atom is 0.258 e. The minimum Gasteiger partial charge on any atom is -0.484 e. The molecule has 0 saturated heterocycles. The second kappa shape index (κ2) is 8.76. The number of rotatable bonds is 8. The van der Waals surface area contributed by atoms with E-state index in [1.165, 1.54) is 0 Å². The summed E-state index contributed by atoms with van der Waals surface area (Å²) < 4.78 is 5.46. The highest BCUT2D eigenvalue weighted by Gasteiger charge is 2.13. The van der Waals surface area contributed by atoms with Gasteiger partial charge < -0.3 is 20.5 Å². The monoisotopic (exact) mass is 308 g/mol. The molecule has 1 aromatic carbocycles. The minimum absolute atomic E-state index is 0.0112. The lowest BCUT2D eigenvalue weighted by molar-refractivity contribution is -0.124. The molecule has 0 aliphatic heterocycles. The number of hydrogen-bond donors (Lipinski definition) is 3. The molecule has 22 heavy (non-hydrogen) atoms. The molecule has 1 amide bonds. The summed E-state index contributed by atoms with van der Waals surface area (Å²) in [6.45, 7) is 8.68. The maximum atomic E-state index is 11.7. The van der Waals surface area contributed by atoms with Gasteiger partial charge >= 0.3 is 0 Å². The summed E-state index contributed by atoms with van der Waals surface area (Å²) in [6, 6.07) is 7.72. The van der Waals surface area contributed by atoms with Crippen LogP contribution in [0, 0.1) is 0 Å². The Balaban J connectivity index is 2.40. The van der Waals surface area contributed by atoms with Gasteiger partial charge in [-0.15, -0.1) is 0 Å². The molecule has 0 radical (unpaired) electrons. The molecule has 124 valence electrons. The van der Waals surface area contributed by atoms with E-state index in [0.29, 0.717) is 12.3 Å². The fourth-order valence-corrected chi connectivity index (χ4v) is 1.91. The lowest BCUT2D eigenvalue weighted by Crippen LogP contribution is -2.43. The molecule has 5 nitrogen and oxygen atoms in total. The smallest absolute Gasteiger partial charge is 0.258 e. The molecule has 1 rings (SSSR count). The largest absolute Gasteiger partial charge is 0.484 e. The fourth-order valence-electron chi connectivity index (χ4n) is 1.91. The standard InChI is InChI=1S/C17H28N2O3/c1-5-14(11-20)18-10-13-6-8-15(9-7-13)22-12-16(21)19-17(2,3)4/h6-9,14,18,20H,5,10-12H2,1-4H3,(H,19,21). The van der Waals surface area contributed by atoms with Gasteiger partial charge in [0, 0.05) is 18.1 Å². The molecule has 0 aliphatic carbocycles. The van der Waals surface area contributed by atoms with Crippen LogP contribution in [-0.2, 0) is 11.3 Å².